The summed E-state index contributed by atoms with van der Waals surface area (Å²) >= 11 is 0. The van der Waals surface area contributed by atoms with Crippen molar-refractivity contribution in [2.45, 2.75) is 57.8 Å². The monoisotopic (exact) mass is 439 g/mol. The number of carbonyl (C=O) groups excluding carboxylic acids is 2. The minimum Gasteiger partial charge on any atom is -0.490 e. The molecule has 2 aliphatic rings. The van der Waals surface area contributed by atoms with Crippen LogP contribution >= 0.6 is 0 Å². The molecule has 1 aromatic carbocycles. The largest absolute Gasteiger partial charge is 0.490 e. The van der Waals surface area contributed by atoms with Gasteiger partial charge in [0.25, 0.3) is 0 Å². The Kier molecular flexibility index (Phi) is 7.50. The fourth-order valence-electron chi connectivity index (χ4n) is 3.72. The highest BCUT2D eigenvalue weighted by Gasteiger charge is 2.29. The first-order chi connectivity index (χ1) is 14.2. The summed E-state index contributed by atoms with van der Waals surface area (Å²) in [6, 6.07) is 4.57. The van der Waals surface area contributed by atoms with Crippen LogP contribution in [0.1, 0.15) is 63.4 Å². The van der Waals surface area contributed by atoms with Crippen molar-refractivity contribution in [1.29, 1.82) is 0 Å². The zero-order valence-electron chi connectivity index (χ0n) is 17.4. The van der Waals surface area contributed by atoms with Crippen molar-refractivity contribution < 1.29 is 27.1 Å². The van der Waals surface area contributed by atoms with E-state index in [0.717, 1.165) is 24.8 Å². The number of imide groups is 1. The van der Waals surface area contributed by atoms with Crippen molar-refractivity contribution in [1.82, 2.24) is 5.32 Å². The first-order valence-corrected chi connectivity index (χ1v) is 12.5. The molecule has 1 aromatic rings. The lowest BCUT2D eigenvalue weighted by molar-refractivity contribution is -0.125. The molecular weight excluding hydrogens is 409 g/mol. The van der Waals surface area contributed by atoms with Gasteiger partial charge in [-0.15, -0.1) is 0 Å². The van der Waals surface area contributed by atoms with E-state index in [1.807, 2.05) is 6.92 Å². The highest BCUT2D eigenvalue weighted by molar-refractivity contribution is 7.91. The lowest BCUT2D eigenvalue weighted by Crippen LogP contribution is -2.22. The lowest BCUT2D eigenvalue weighted by Gasteiger charge is -2.15. The normalized spacial score (nSPS) is 20.3. The van der Waals surface area contributed by atoms with Gasteiger partial charge in [0, 0.05) is 12.3 Å². The summed E-state index contributed by atoms with van der Waals surface area (Å²) in [6.45, 7) is 2.33. The van der Waals surface area contributed by atoms with Gasteiger partial charge in [0.1, 0.15) is 0 Å². The summed E-state index contributed by atoms with van der Waals surface area (Å²) in [6.07, 6.45) is 5.00. The Morgan fingerprint density at radius 1 is 1.20 bits per heavy atom. The van der Waals surface area contributed by atoms with Crippen LogP contribution in [0.3, 0.4) is 0 Å². The highest BCUT2D eigenvalue weighted by Crippen LogP contribution is 2.31. The van der Waals surface area contributed by atoms with Gasteiger partial charge in [0.2, 0.25) is 11.8 Å². The van der Waals surface area contributed by atoms with Crippen molar-refractivity contribution in [3.05, 3.63) is 29.6 Å². The molecule has 1 heterocycles. The number of halogens is 1. The zero-order chi connectivity index (χ0) is 21.7. The topological polar surface area (TPSA) is 89.5 Å². The first kappa shape index (κ1) is 22.7. The molecule has 0 aromatic heterocycles. The molecular formula is C22H30FNO5S. The maximum Gasteiger partial charge on any atom is 0.230 e. The number of rotatable bonds is 12. The Bertz CT molecular complexity index is 882. The third-order valence-electron chi connectivity index (χ3n) is 5.77. The summed E-state index contributed by atoms with van der Waals surface area (Å²) in [5.74, 6) is -0.625. The van der Waals surface area contributed by atoms with Crippen LogP contribution in [0.25, 0.3) is 0 Å². The number of nitrogens with one attached hydrogen (secondary N) is 1. The Labute approximate surface area is 177 Å². The van der Waals surface area contributed by atoms with E-state index < -0.39 is 15.7 Å². The molecule has 2 fully saturated rings. The minimum atomic E-state index is -3.25. The summed E-state index contributed by atoms with van der Waals surface area (Å²) < 4.78 is 44.5. The highest BCUT2D eigenvalue weighted by atomic mass is 32.2. The average molecular weight is 440 g/mol. The molecule has 1 unspecified atom stereocenters. The summed E-state index contributed by atoms with van der Waals surface area (Å²) in [4.78, 5) is 22.7. The SMILES string of the molecule is C[C@@H](CS(=O)(=O)CCCCCC1CC(=O)NC1=O)c1ccc(F)c(OCC2CC2)c1. The minimum absolute atomic E-state index is 0.000228. The number of carbonyl (C=O) groups is 2. The number of hydrogen-bond donors (Lipinski definition) is 1. The number of ether oxygens (including phenoxy) is 1. The van der Waals surface area contributed by atoms with Crippen LogP contribution in [0, 0.1) is 17.7 Å². The van der Waals surface area contributed by atoms with E-state index in [2.05, 4.69) is 5.32 Å². The van der Waals surface area contributed by atoms with E-state index in [1.54, 1.807) is 12.1 Å². The summed E-state index contributed by atoms with van der Waals surface area (Å²) in [7, 11) is -3.25. The van der Waals surface area contributed by atoms with Crippen LogP contribution in [0.5, 0.6) is 5.75 Å². The van der Waals surface area contributed by atoms with Crippen molar-refractivity contribution in [3.63, 3.8) is 0 Å². The number of benzene rings is 1. The quantitative estimate of drug-likeness (QED) is 0.398. The van der Waals surface area contributed by atoms with Crippen LogP contribution in [-0.2, 0) is 19.4 Å². The number of unbranched alkanes of at least 4 members (excludes halogenated alkanes) is 2. The second kappa shape index (κ2) is 9.90. The third-order valence-corrected chi connectivity index (χ3v) is 7.69. The van der Waals surface area contributed by atoms with Gasteiger partial charge in [-0.2, -0.15) is 0 Å². The van der Waals surface area contributed by atoms with E-state index in [-0.39, 0.29) is 47.3 Å². The van der Waals surface area contributed by atoms with Crippen LogP contribution in [0.2, 0.25) is 0 Å². The molecule has 0 spiro atoms. The molecule has 8 heteroatoms. The molecule has 0 bridgehead atoms. The maximum atomic E-state index is 14.0. The maximum absolute atomic E-state index is 14.0. The molecule has 1 aliphatic heterocycles. The molecule has 30 heavy (non-hydrogen) atoms. The Morgan fingerprint density at radius 3 is 2.63 bits per heavy atom. The zero-order valence-corrected chi connectivity index (χ0v) is 18.2. The van der Waals surface area contributed by atoms with Crippen molar-refractivity contribution in [2.24, 2.45) is 11.8 Å². The molecule has 166 valence electrons. The lowest BCUT2D eigenvalue weighted by atomic mass is 10.00. The number of amides is 2. The van der Waals surface area contributed by atoms with E-state index >= 15 is 0 Å². The predicted molar refractivity (Wildman–Crippen MR) is 111 cm³/mol. The van der Waals surface area contributed by atoms with Gasteiger partial charge in [-0.3, -0.25) is 14.9 Å². The van der Waals surface area contributed by atoms with Gasteiger partial charge in [-0.1, -0.05) is 25.8 Å². The van der Waals surface area contributed by atoms with Gasteiger partial charge in [0.15, 0.2) is 21.4 Å². The van der Waals surface area contributed by atoms with Crippen molar-refractivity contribution in [3.8, 4) is 5.75 Å². The molecule has 6 nitrogen and oxygen atoms in total. The second-order valence-corrected chi connectivity index (χ2v) is 10.9. The van der Waals surface area contributed by atoms with Gasteiger partial charge in [-0.05, 0) is 55.2 Å². The molecule has 1 aliphatic carbocycles. The summed E-state index contributed by atoms with van der Waals surface area (Å²) in [5.41, 5.74) is 0.752. The molecule has 2 atom stereocenters. The van der Waals surface area contributed by atoms with Gasteiger partial charge >= 0.3 is 0 Å². The van der Waals surface area contributed by atoms with E-state index in [1.165, 1.54) is 6.07 Å². The first-order valence-electron chi connectivity index (χ1n) is 10.7. The molecule has 1 saturated heterocycles. The molecule has 0 radical (unpaired) electrons. The molecule has 1 saturated carbocycles. The standard InChI is InChI=1S/C22H30FNO5S/c1-15(17-8-9-19(23)20(11-17)29-13-16-6-7-16)14-30(27,28)10-4-2-3-5-18-12-21(25)24-22(18)26/h8-9,11,15-16,18H,2-7,10,12-14H2,1H3,(H,24,25,26)/t15-,18?/m0/s1. The fourth-order valence-corrected chi connectivity index (χ4v) is 5.48. The molecule has 2 amide bonds. The average Bonchev–Trinajstić information content (AvgIpc) is 3.44. The second-order valence-electron chi connectivity index (χ2n) is 8.62. The smallest absolute Gasteiger partial charge is 0.230 e. The molecule has 1 N–H and O–H groups in total. The van der Waals surface area contributed by atoms with E-state index in [0.29, 0.717) is 31.8 Å². The van der Waals surface area contributed by atoms with Crippen molar-refractivity contribution >= 4 is 21.7 Å². The van der Waals surface area contributed by atoms with E-state index in [4.69, 9.17) is 4.74 Å². The predicted octanol–water partition coefficient (Wildman–Crippen LogP) is 3.36. The molecule has 3 rings (SSSR count). The number of hydrogen-bond acceptors (Lipinski definition) is 5. The summed E-state index contributed by atoms with van der Waals surface area (Å²) in [5, 5.41) is 2.29. The Hall–Kier alpha value is -1.96. The van der Waals surface area contributed by atoms with Gasteiger partial charge in [-0.25, -0.2) is 12.8 Å². The Morgan fingerprint density at radius 2 is 1.97 bits per heavy atom. The van der Waals surface area contributed by atoms with Crippen LogP contribution in [0.4, 0.5) is 4.39 Å². The van der Waals surface area contributed by atoms with Crippen LogP contribution in [0.15, 0.2) is 18.2 Å². The van der Waals surface area contributed by atoms with Crippen LogP contribution in [-0.4, -0.2) is 38.3 Å². The fraction of sp³-hybridized carbons (Fsp3) is 0.636. The van der Waals surface area contributed by atoms with E-state index in [9.17, 15) is 22.4 Å². The van der Waals surface area contributed by atoms with Crippen LogP contribution < -0.4 is 10.1 Å². The number of sulfone groups is 1. The Balaban J connectivity index is 1.42. The third kappa shape index (κ3) is 6.79. The van der Waals surface area contributed by atoms with Gasteiger partial charge < -0.3 is 4.74 Å². The van der Waals surface area contributed by atoms with Crippen molar-refractivity contribution in [2.75, 3.05) is 18.1 Å². The van der Waals surface area contributed by atoms with Gasteiger partial charge in [0.05, 0.1) is 18.1 Å².